The largest absolute Gasteiger partial charge is 0.490 e. The molecule has 10 heteroatoms. The van der Waals surface area contributed by atoms with Gasteiger partial charge in [-0.3, -0.25) is 4.79 Å². The van der Waals surface area contributed by atoms with E-state index in [9.17, 15) is 18.0 Å². The topological polar surface area (TPSA) is 112 Å². The predicted molar refractivity (Wildman–Crippen MR) is 87.3 cm³/mol. The molecule has 0 radical (unpaired) electrons. The van der Waals surface area contributed by atoms with Gasteiger partial charge in [-0.25, -0.2) is 9.78 Å². The van der Waals surface area contributed by atoms with Gasteiger partial charge in [-0.1, -0.05) is 0 Å². The number of carboxylic acid groups (broad SMARTS) is 1. The average molecular weight is 372 g/mol. The first-order chi connectivity index (χ1) is 12.0. The number of amides is 1. The monoisotopic (exact) mass is 372 g/mol. The first-order valence-corrected chi connectivity index (χ1v) is 7.76. The molecule has 1 aliphatic carbocycles. The van der Waals surface area contributed by atoms with E-state index < -0.39 is 12.1 Å². The molecule has 142 valence electrons. The number of halogens is 3. The fourth-order valence-corrected chi connectivity index (χ4v) is 2.34. The molecule has 4 N–H and O–H groups in total. The number of hydrogen-bond donors (Lipinski definition) is 3. The smallest absolute Gasteiger partial charge is 0.475 e. The number of carbonyl (C=O) groups is 2. The number of hydrogen-bond acceptors (Lipinski definition) is 4. The molecule has 1 aliphatic rings. The lowest BCUT2D eigenvalue weighted by atomic mass is 10.1. The molecule has 3 rings (SSSR count). The Kier molecular flexibility index (Phi) is 5.55. The summed E-state index contributed by atoms with van der Waals surface area (Å²) in [6.45, 7) is 0.645. The van der Waals surface area contributed by atoms with Crippen molar-refractivity contribution in [3.63, 3.8) is 0 Å². The summed E-state index contributed by atoms with van der Waals surface area (Å²) in [5.41, 5.74) is 7.72. The van der Waals surface area contributed by atoms with E-state index in [4.69, 9.17) is 15.6 Å². The minimum absolute atomic E-state index is 0.0986. The van der Waals surface area contributed by atoms with Crippen LogP contribution in [-0.4, -0.2) is 57.2 Å². The Labute approximate surface area is 147 Å². The number of pyridine rings is 1. The van der Waals surface area contributed by atoms with E-state index in [1.807, 2.05) is 25.4 Å². The van der Waals surface area contributed by atoms with E-state index in [2.05, 4.69) is 9.97 Å². The second kappa shape index (κ2) is 7.32. The highest BCUT2D eigenvalue weighted by Gasteiger charge is 2.40. The first-order valence-electron chi connectivity index (χ1n) is 7.76. The molecule has 0 atom stereocenters. The van der Waals surface area contributed by atoms with Crippen LogP contribution in [0, 0.1) is 0 Å². The van der Waals surface area contributed by atoms with E-state index in [1.165, 1.54) is 0 Å². The number of aromatic nitrogens is 2. The van der Waals surface area contributed by atoms with Gasteiger partial charge in [0, 0.05) is 36.9 Å². The Morgan fingerprint density at radius 1 is 1.42 bits per heavy atom. The molecule has 1 fully saturated rings. The summed E-state index contributed by atoms with van der Waals surface area (Å²) < 4.78 is 31.7. The molecule has 2 aromatic heterocycles. The van der Waals surface area contributed by atoms with Crippen LogP contribution < -0.4 is 5.73 Å². The van der Waals surface area contributed by atoms with Gasteiger partial charge in [0.05, 0.1) is 6.42 Å². The fraction of sp³-hybridized carbons (Fsp3) is 0.438. The summed E-state index contributed by atoms with van der Waals surface area (Å²) in [7, 11) is 1.82. The molecule has 0 bridgehead atoms. The van der Waals surface area contributed by atoms with E-state index in [-0.39, 0.29) is 11.4 Å². The van der Waals surface area contributed by atoms with Crippen molar-refractivity contribution in [1.29, 1.82) is 0 Å². The van der Waals surface area contributed by atoms with Crippen molar-refractivity contribution in [2.24, 2.45) is 5.73 Å². The molecule has 1 saturated carbocycles. The molecular formula is C16H19F3N4O3. The highest BCUT2D eigenvalue weighted by Crippen LogP contribution is 2.32. The van der Waals surface area contributed by atoms with Gasteiger partial charge < -0.3 is 20.7 Å². The van der Waals surface area contributed by atoms with Gasteiger partial charge in [-0.15, -0.1) is 0 Å². The first kappa shape index (κ1) is 19.7. The number of nitrogens with one attached hydrogen (secondary N) is 1. The maximum absolute atomic E-state index is 12.2. The summed E-state index contributed by atoms with van der Waals surface area (Å²) in [5, 5.41) is 8.14. The number of aromatic amines is 1. The molecule has 0 aliphatic heterocycles. The normalized spacial score (nSPS) is 15.1. The molecule has 0 aromatic carbocycles. The number of carbonyl (C=O) groups excluding carboxylic acids is 1. The Morgan fingerprint density at radius 2 is 2.04 bits per heavy atom. The van der Waals surface area contributed by atoms with Crippen LogP contribution in [0.3, 0.4) is 0 Å². The summed E-state index contributed by atoms with van der Waals surface area (Å²) in [6, 6.07) is 3.86. The lowest BCUT2D eigenvalue weighted by Crippen LogP contribution is -2.40. The average Bonchev–Trinajstić information content (AvgIpc) is 3.14. The van der Waals surface area contributed by atoms with Crippen molar-refractivity contribution in [2.75, 3.05) is 13.6 Å². The molecular weight excluding hydrogens is 353 g/mol. The van der Waals surface area contributed by atoms with E-state index in [0.717, 1.165) is 29.4 Å². The van der Waals surface area contributed by atoms with Crippen molar-refractivity contribution in [1.82, 2.24) is 14.9 Å². The highest BCUT2D eigenvalue weighted by molar-refractivity contribution is 5.87. The third-order valence-corrected chi connectivity index (χ3v) is 3.99. The van der Waals surface area contributed by atoms with E-state index in [1.54, 1.807) is 11.1 Å². The number of H-pyrrole nitrogens is 1. The maximum atomic E-state index is 12.2. The van der Waals surface area contributed by atoms with Gasteiger partial charge in [0.2, 0.25) is 5.91 Å². The number of rotatable bonds is 4. The molecule has 0 spiro atoms. The van der Waals surface area contributed by atoms with Gasteiger partial charge in [-0.05, 0) is 30.5 Å². The molecule has 2 heterocycles. The van der Waals surface area contributed by atoms with Crippen molar-refractivity contribution in [2.45, 2.75) is 31.0 Å². The SMILES string of the molecule is CN(CC1(N)CC1)C(=O)Cc1c[nH]c2ncccc12.O=C(O)C(F)(F)F. The third-order valence-electron chi connectivity index (χ3n) is 3.99. The highest BCUT2D eigenvalue weighted by atomic mass is 19.4. The Morgan fingerprint density at radius 3 is 2.58 bits per heavy atom. The Balaban J connectivity index is 0.000000298. The van der Waals surface area contributed by atoms with Gasteiger partial charge in [-0.2, -0.15) is 13.2 Å². The number of fused-ring (bicyclic) bond motifs is 1. The van der Waals surface area contributed by atoms with Crippen LogP contribution in [0.1, 0.15) is 18.4 Å². The lowest BCUT2D eigenvalue weighted by Gasteiger charge is -2.20. The number of nitrogens with zero attached hydrogens (tertiary/aromatic N) is 2. The number of alkyl halides is 3. The zero-order valence-electron chi connectivity index (χ0n) is 14.0. The molecule has 1 amide bonds. The number of nitrogens with two attached hydrogens (primary N) is 1. The molecule has 0 saturated heterocycles. The second-order valence-corrected chi connectivity index (χ2v) is 6.31. The van der Waals surface area contributed by atoms with Crippen molar-refractivity contribution in [3.05, 3.63) is 30.1 Å². The van der Waals surface area contributed by atoms with Gasteiger partial charge in [0.1, 0.15) is 5.65 Å². The molecule has 26 heavy (non-hydrogen) atoms. The van der Waals surface area contributed by atoms with Crippen LogP contribution >= 0.6 is 0 Å². The molecule has 2 aromatic rings. The van der Waals surface area contributed by atoms with Crippen LogP contribution in [0.2, 0.25) is 0 Å². The maximum Gasteiger partial charge on any atom is 0.490 e. The minimum atomic E-state index is -5.08. The van der Waals surface area contributed by atoms with Gasteiger partial charge in [0.25, 0.3) is 0 Å². The number of likely N-dealkylation sites (N-methyl/N-ethyl adjacent to an activating group) is 1. The van der Waals surface area contributed by atoms with Crippen molar-refractivity contribution >= 4 is 22.9 Å². The standard InChI is InChI=1S/C14H18N4O.C2HF3O2/c1-18(9-14(15)4-5-14)12(19)7-10-8-17-13-11(10)3-2-6-16-13;3-2(4,5)1(6)7/h2-3,6,8H,4-5,7,9,15H2,1H3,(H,16,17);(H,6,7). The zero-order valence-corrected chi connectivity index (χ0v) is 14.0. The van der Waals surface area contributed by atoms with Crippen LogP contribution in [0.4, 0.5) is 13.2 Å². The van der Waals surface area contributed by atoms with Crippen LogP contribution in [0.5, 0.6) is 0 Å². The Bertz CT molecular complexity index is 799. The summed E-state index contributed by atoms with van der Waals surface area (Å²) in [6.07, 6.45) is 0.933. The van der Waals surface area contributed by atoms with Crippen molar-refractivity contribution < 1.29 is 27.9 Å². The van der Waals surface area contributed by atoms with Crippen LogP contribution in [-0.2, 0) is 16.0 Å². The molecule has 7 nitrogen and oxygen atoms in total. The minimum Gasteiger partial charge on any atom is -0.475 e. The Hall–Kier alpha value is -2.62. The predicted octanol–water partition coefficient (Wildman–Crippen LogP) is 1.69. The van der Waals surface area contributed by atoms with E-state index in [0.29, 0.717) is 13.0 Å². The number of carboxylic acids is 1. The summed E-state index contributed by atoms with van der Waals surface area (Å²) in [5.74, 6) is -2.66. The van der Waals surface area contributed by atoms with Gasteiger partial charge in [0.15, 0.2) is 0 Å². The third kappa shape index (κ3) is 5.19. The van der Waals surface area contributed by atoms with Crippen molar-refractivity contribution in [3.8, 4) is 0 Å². The zero-order chi connectivity index (χ0) is 19.5. The van der Waals surface area contributed by atoms with Gasteiger partial charge >= 0.3 is 12.1 Å². The van der Waals surface area contributed by atoms with E-state index >= 15 is 0 Å². The van der Waals surface area contributed by atoms with Crippen LogP contribution in [0.25, 0.3) is 11.0 Å². The fourth-order valence-electron chi connectivity index (χ4n) is 2.34. The summed E-state index contributed by atoms with van der Waals surface area (Å²) in [4.78, 5) is 30.1. The van der Waals surface area contributed by atoms with Crippen LogP contribution in [0.15, 0.2) is 24.5 Å². The summed E-state index contributed by atoms with van der Waals surface area (Å²) >= 11 is 0. The lowest BCUT2D eigenvalue weighted by molar-refractivity contribution is -0.192. The molecule has 0 unspecified atom stereocenters. The second-order valence-electron chi connectivity index (χ2n) is 6.31. The number of aliphatic carboxylic acids is 1. The quantitative estimate of drug-likeness (QED) is 0.756.